The summed E-state index contributed by atoms with van der Waals surface area (Å²) in [7, 11) is 1.73. The molecule has 3 fully saturated rings. The Morgan fingerprint density at radius 1 is 1.00 bits per heavy atom. The van der Waals surface area contributed by atoms with Crippen LogP contribution in [-0.4, -0.2) is 89.5 Å². The van der Waals surface area contributed by atoms with Crippen LogP contribution in [0.1, 0.15) is 50.8 Å². The molecule has 0 atom stereocenters. The summed E-state index contributed by atoms with van der Waals surface area (Å²) in [6.45, 7) is 4.57. The quantitative estimate of drug-likeness (QED) is 0.384. The van der Waals surface area contributed by atoms with Crippen LogP contribution in [0, 0.1) is 11.8 Å². The molecule has 10 nitrogen and oxygen atoms in total. The number of carbonyl (C=O) groups excluding carboxylic acids is 1. The fourth-order valence-electron chi connectivity index (χ4n) is 6.32. The molecule has 2 aliphatic heterocycles. The first-order valence-electron chi connectivity index (χ1n) is 14.9. The first kappa shape index (κ1) is 28.7. The van der Waals surface area contributed by atoms with Crippen molar-refractivity contribution in [2.24, 2.45) is 11.8 Å². The van der Waals surface area contributed by atoms with Crippen molar-refractivity contribution in [2.45, 2.75) is 51.1 Å². The highest BCUT2D eigenvalue weighted by Gasteiger charge is 2.33. The molecule has 0 bridgehead atoms. The van der Waals surface area contributed by atoms with E-state index in [9.17, 15) is 13.6 Å². The van der Waals surface area contributed by atoms with Crippen LogP contribution in [0.25, 0.3) is 16.9 Å². The molecule has 3 aromatic rings. The molecule has 1 aliphatic carbocycles. The van der Waals surface area contributed by atoms with Crippen molar-refractivity contribution in [3.05, 3.63) is 36.2 Å². The van der Waals surface area contributed by atoms with E-state index in [2.05, 4.69) is 4.98 Å². The van der Waals surface area contributed by atoms with Gasteiger partial charge in [-0.15, -0.1) is 0 Å². The van der Waals surface area contributed by atoms with Gasteiger partial charge in [0, 0.05) is 51.9 Å². The number of halogens is 2. The number of carbonyl (C=O) groups is 1. The van der Waals surface area contributed by atoms with E-state index in [1.165, 1.54) is 4.57 Å². The maximum absolute atomic E-state index is 14.1. The normalized spacial score (nSPS) is 22.2. The number of hydrogen-bond acceptors (Lipinski definition) is 8. The second-order valence-electron chi connectivity index (χ2n) is 11.4. The summed E-state index contributed by atoms with van der Waals surface area (Å²) in [6.07, 6.45) is 1.99. The van der Waals surface area contributed by atoms with Crippen molar-refractivity contribution in [1.82, 2.24) is 24.4 Å². The molecule has 42 heavy (non-hydrogen) atoms. The van der Waals surface area contributed by atoms with E-state index in [0.29, 0.717) is 55.1 Å². The third-order valence-electron chi connectivity index (χ3n) is 8.62. The molecule has 12 heteroatoms. The largest absolute Gasteiger partial charge is 0.474 e. The van der Waals surface area contributed by atoms with Gasteiger partial charge in [0.1, 0.15) is 11.9 Å². The van der Waals surface area contributed by atoms with Gasteiger partial charge in [0.05, 0.1) is 24.2 Å². The lowest BCUT2D eigenvalue weighted by molar-refractivity contribution is -0.138. The summed E-state index contributed by atoms with van der Waals surface area (Å²) in [5, 5.41) is 0. The molecule has 1 amide bonds. The lowest BCUT2D eigenvalue weighted by Crippen LogP contribution is -2.43. The summed E-state index contributed by atoms with van der Waals surface area (Å²) in [5.74, 6) is 1.42. The molecule has 3 aliphatic rings. The first-order valence-corrected chi connectivity index (χ1v) is 14.9. The number of hydrogen-bond donors (Lipinski definition) is 0. The SMILES string of the molecule is COCC1CCN(C(=O)[C@H]2CC[C@H](Oc3cc(-n4c(C(F)F)nc5ccccc54)nc(N4CCOCC4)n3)CC2)CC1. The average Bonchev–Trinajstić information content (AvgIpc) is 3.42. The summed E-state index contributed by atoms with van der Waals surface area (Å²) < 4.78 is 46.9. The molecule has 4 heterocycles. The summed E-state index contributed by atoms with van der Waals surface area (Å²) in [5.41, 5.74) is 1.00. The molecule has 2 saturated heterocycles. The lowest BCUT2D eigenvalue weighted by atomic mass is 9.85. The number of methoxy groups -OCH3 is 1. The maximum Gasteiger partial charge on any atom is 0.296 e. The van der Waals surface area contributed by atoms with Gasteiger partial charge in [-0.2, -0.15) is 9.97 Å². The standard InChI is InChI=1S/C30H38F2N6O4/c1-40-19-20-10-12-36(13-11-20)29(39)21-6-8-22(9-7-21)42-26-18-25(34-30(35-26)37-14-16-41-17-15-37)38-24-5-3-2-4-23(24)33-28(38)27(31)32/h2-5,18,20-22,27H,6-17,19H2,1H3/t21-,22-. The van der Waals surface area contributed by atoms with Crippen LogP contribution in [0.5, 0.6) is 5.88 Å². The van der Waals surface area contributed by atoms with Crippen molar-refractivity contribution < 1.29 is 27.8 Å². The van der Waals surface area contributed by atoms with Crippen LogP contribution in [0.15, 0.2) is 30.3 Å². The summed E-state index contributed by atoms with van der Waals surface area (Å²) in [6, 6.07) is 8.64. The van der Waals surface area contributed by atoms with E-state index in [1.54, 1.807) is 37.4 Å². The molecule has 6 rings (SSSR count). The fraction of sp³-hybridized carbons (Fsp3) is 0.600. The predicted molar refractivity (Wildman–Crippen MR) is 152 cm³/mol. The van der Waals surface area contributed by atoms with Crippen LogP contribution in [0.3, 0.4) is 0 Å². The van der Waals surface area contributed by atoms with Crippen LogP contribution < -0.4 is 9.64 Å². The van der Waals surface area contributed by atoms with Gasteiger partial charge in [-0.05, 0) is 56.6 Å². The van der Waals surface area contributed by atoms with Crippen molar-refractivity contribution in [3.63, 3.8) is 0 Å². The van der Waals surface area contributed by atoms with Gasteiger partial charge >= 0.3 is 0 Å². The number of para-hydroxylation sites is 2. The minimum Gasteiger partial charge on any atom is -0.474 e. The Bertz CT molecular complexity index is 1370. The molecule has 0 spiro atoms. The number of amides is 1. The number of piperidine rings is 1. The number of rotatable bonds is 8. The van der Waals surface area contributed by atoms with Gasteiger partial charge in [-0.1, -0.05) is 12.1 Å². The van der Waals surface area contributed by atoms with Crippen molar-refractivity contribution >= 4 is 22.9 Å². The zero-order valence-electron chi connectivity index (χ0n) is 24.0. The zero-order valence-corrected chi connectivity index (χ0v) is 24.0. The Morgan fingerprint density at radius 2 is 1.74 bits per heavy atom. The number of ether oxygens (including phenoxy) is 3. The lowest BCUT2D eigenvalue weighted by Gasteiger charge is -2.36. The van der Waals surface area contributed by atoms with Crippen LogP contribution in [0.2, 0.25) is 0 Å². The van der Waals surface area contributed by atoms with Crippen LogP contribution >= 0.6 is 0 Å². The molecule has 226 valence electrons. The molecule has 1 aromatic carbocycles. The van der Waals surface area contributed by atoms with E-state index >= 15 is 0 Å². The molecule has 2 aromatic heterocycles. The number of imidazole rings is 1. The first-order chi connectivity index (χ1) is 20.5. The molecule has 0 unspecified atom stereocenters. The molecule has 1 saturated carbocycles. The third-order valence-corrected chi connectivity index (χ3v) is 8.62. The third kappa shape index (κ3) is 6.19. The fourth-order valence-corrected chi connectivity index (χ4v) is 6.32. The Morgan fingerprint density at radius 3 is 2.45 bits per heavy atom. The topological polar surface area (TPSA) is 94.8 Å². The molecular weight excluding hydrogens is 546 g/mol. The van der Waals surface area contributed by atoms with E-state index in [0.717, 1.165) is 58.2 Å². The Labute approximate surface area is 244 Å². The Balaban J connectivity index is 1.19. The van der Waals surface area contributed by atoms with E-state index in [4.69, 9.17) is 24.2 Å². The van der Waals surface area contributed by atoms with E-state index in [1.807, 2.05) is 9.80 Å². The van der Waals surface area contributed by atoms with Crippen LogP contribution in [0.4, 0.5) is 14.7 Å². The number of nitrogens with zero attached hydrogens (tertiary/aromatic N) is 6. The van der Waals surface area contributed by atoms with E-state index in [-0.39, 0.29) is 29.6 Å². The van der Waals surface area contributed by atoms with Gasteiger partial charge in [0.15, 0.2) is 5.82 Å². The zero-order chi connectivity index (χ0) is 29.1. The molecule has 0 radical (unpaired) electrons. The van der Waals surface area contributed by atoms with Crippen molar-refractivity contribution in [1.29, 1.82) is 0 Å². The number of anilines is 1. The van der Waals surface area contributed by atoms with Crippen LogP contribution in [-0.2, 0) is 14.3 Å². The highest BCUT2D eigenvalue weighted by Crippen LogP contribution is 2.33. The van der Waals surface area contributed by atoms with Gasteiger partial charge in [0.2, 0.25) is 17.7 Å². The Hall–Kier alpha value is -3.38. The van der Waals surface area contributed by atoms with Gasteiger partial charge in [-0.3, -0.25) is 9.36 Å². The van der Waals surface area contributed by atoms with Gasteiger partial charge < -0.3 is 24.0 Å². The highest BCUT2D eigenvalue weighted by atomic mass is 19.3. The predicted octanol–water partition coefficient (Wildman–Crippen LogP) is 4.41. The smallest absolute Gasteiger partial charge is 0.296 e. The molecular formula is C30H38F2N6O4. The summed E-state index contributed by atoms with van der Waals surface area (Å²) in [4.78, 5) is 30.8. The second-order valence-corrected chi connectivity index (χ2v) is 11.4. The number of fused-ring (bicyclic) bond motifs is 1. The number of aromatic nitrogens is 4. The number of morpholine rings is 1. The average molecular weight is 585 g/mol. The van der Waals surface area contributed by atoms with Gasteiger partial charge in [0.25, 0.3) is 6.43 Å². The van der Waals surface area contributed by atoms with Gasteiger partial charge in [-0.25, -0.2) is 13.8 Å². The van der Waals surface area contributed by atoms with Crippen molar-refractivity contribution in [2.75, 3.05) is 58.0 Å². The second kappa shape index (κ2) is 12.9. The number of benzene rings is 1. The number of alkyl halides is 2. The monoisotopic (exact) mass is 584 g/mol. The highest BCUT2D eigenvalue weighted by molar-refractivity contribution is 5.79. The minimum atomic E-state index is -2.79. The number of likely N-dealkylation sites (tertiary alicyclic amines) is 1. The maximum atomic E-state index is 14.1. The van der Waals surface area contributed by atoms with Crippen molar-refractivity contribution in [3.8, 4) is 11.7 Å². The summed E-state index contributed by atoms with van der Waals surface area (Å²) >= 11 is 0. The van der Waals surface area contributed by atoms with E-state index < -0.39 is 6.43 Å². The molecule has 0 N–H and O–H groups in total. The Kier molecular flexibility index (Phi) is 8.80. The minimum absolute atomic E-state index is 0.000362.